The minimum Gasteiger partial charge on any atom is -0.316 e. The first-order valence-electron chi connectivity index (χ1n) is 4.31. The fourth-order valence-electron chi connectivity index (χ4n) is 1.56. The maximum Gasteiger partial charge on any atom is 0.229 e. The van der Waals surface area contributed by atoms with Crippen LogP contribution in [0, 0.1) is 5.92 Å². The maximum absolute atomic E-state index is 11.1. The Morgan fingerprint density at radius 1 is 1.23 bits per heavy atom. The summed E-state index contributed by atoms with van der Waals surface area (Å²) in [5.74, 6) is 0.509. The first-order valence-corrected chi connectivity index (χ1v) is 4.31. The summed E-state index contributed by atoms with van der Waals surface area (Å²) in [7, 11) is 0. The highest BCUT2D eigenvalue weighted by atomic mass is 35.5. The second-order valence-electron chi connectivity index (χ2n) is 3.42. The van der Waals surface area contributed by atoms with E-state index in [1.54, 1.807) is 0 Å². The van der Waals surface area contributed by atoms with Gasteiger partial charge in [0, 0.05) is 38.4 Å². The van der Waals surface area contributed by atoms with Crippen LogP contribution in [0.1, 0.15) is 12.8 Å². The lowest BCUT2D eigenvalue weighted by atomic mass is 10.0. The van der Waals surface area contributed by atoms with Crippen LogP contribution in [0.25, 0.3) is 0 Å². The number of hydrogen-bond acceptors (Lipinski definition) is 3. The Morgan fingerprint density at radius 2 is 1.77 bits per heavy atom. The molecule has 4 nitrogen and oxygen atoms in total. The van der Waals surface area contributed by atoms with Gasteiger partial charge in [-0.1, -0.05) is 0 Å². The predicted octanol–water partition coefficient (Wildman–Crippen LogP) is -0.223. The average molecular weight is 205 g/mol. The molecule has 0 aromatic heterocycles. The fourth-order valence-corrected chi connectivity index (χ4v) is 1.56. The van der Waals surface area contributed by atoms with Gasteiger partial charge in [0.25, 0.3) is 0 Å². The standard InChI is InChI=1S/C8H12N2O2.ClH/c11-7-1-2-8(12)10(7)5-6-3-9-4-6;/h6,9H,1-5H2;1H. The Balaban J connectivity index is 0.000000845. The molecule has 0 atom stereocenters. The Morgan fingerprint density at radius 3 is 2.15 bits per heavy atom. The number of halogens is 1. The van der Waals surface area contributed by atoms with Gasteiger partial charge in [0.15, 0.2) is 0 Å². The van der Waals surface area contributed by atoms with E-state index < -0.39 is 0 Å². The second-order valence-corrected chi connectivity index (χ2v) is 3.42. The molecule has 1 N–H and O–H groups in total. The van der Waals surface area contributed by atoms with Crippen molar-refractivity contribution in [2.75, 3.05) is 19.6 Å². The monoisotopic (exact) mass is 204 g/mol. The van der Waals surface area contributed by atoms with Crippen LogP contribution >= 0.6 is 12.4 Å². The SMILES string of the molecule is Cl.O=C1CCC(=O)N1CC1CNC1. The first-order chi connectivity index (χ1) is 5.77. The van der Waals surface area contributed by atoms with Gasteiger partial charge in [0.05, 0.1) is 0 Å². The topological polar surface area (TPSA) is 49.4 Å². The number of likely N-dealkylation sites (tertiary alicyclic amines) is 1. The van der Waals surface area contributed by atoms with Gasteiger partial charge < -0.3 is 5.32 Å². The van der Waals surface area contributed by atoms with Gasteiger partial charge >= 0.3 is 0 Å². The average Bonchev–Trinajstić information content (AvgIpc) is 2.25. The lowest BCUT2D eigenvalue weighted by Crippen LogP contribution is -2.49. The van der Waals surface area contributed by atoms with Crippen LogP contribution < -0.4 is 5.32 Å². The molecule has 0 bridgehead atoms. The summed E-state index contributed by atoms with van der Waals surface area (Å²) < 4.78 is 0. The van der Waals surface area contributed by atoms with Crippen molar-refractivity contribution in [3.05, 3.63) is 0 Å². The van der Waals surface area contributed by atoms with E-state index in [1.165, 1.54) is 4.90 Å². The van der Waals surface area contributed by atoms with Gasteiger partial charge in [-0.25, -0.2) is 0 Å². The molecule has 0 saturated carbocycles. The van der Waals surface area contributed by atoms with E-state index in [2.05, 4.69) is 5.32 Å². The van der Waals surface area contributed by atoms with Crippen molar-refractivity contribution in [3.63, 3.8) is 0 Å². The molecule has 0 spiro atoms. The Hall–Kier alpha value is -0.610. The number of carbonyl (C=O) groups excluding carboxylic acids is 2. The lowest BCUT2D eigenvalue weighted by Gasteiger charge is -2.30. The second kappa shape index (κ2) is 4.07. The molecule has 2 heterocycles. The van der Waals surface area contributed by atoms with Gasteiger partial charge in [-0.15, -0.1) is 12.4 Å². The van der Waals surface area contributed by atoms with Crippen molar-refractivity contribution in [3.8, 4) is 0 Å². The van der Waals surface area contributed by atoms with E-state index in [0.29, 0.717) is 25.3 Å². The number of hydrogen-bond donors (Lipinski definition) is 1. The molecule has 0 aromatic carbocycles. The molecule has 0 radical (unpaired) electrons. The van der Waals surface area contributed by atoms with Crippen molar-refractivity contribution in [2.45, 2.75) is 12.8 Å². The molecular formula is C8H13ClN2O2. The molecule has 2 aliphatic rings. The quantitative estimate of drug-likeness (QED) is 0.633. The molecule has 2 saturated heterocycles. The normalized spacial score (nSPS) is 22.9. The molecular weight excluding hydrogens is 192 g/mol. The highest BCUT2D eigenvalue weighted by Crippen LogP contribution is 2.15. The van der Waals surface area contributed by atoms with Crippen molar-refractivity contribution < 1.29 is 9.59 Å². The summed E-state index contributed by atoms with van der Waals surface area (Å²) in [4.78, 5) is 23.7. The van der Waals surface area contributed by atoms with E-state index in [0.717, 1.165) is 13.1 Å². The van der Waals surface area contributed by atoms with Gasteiger partial charge in [-0.2, -0.15) is 0 Å². The molecule has 2 fully saturated rings. The van der Waals surface area contributed by atoms with E-state index in [9.17, 15) is 9.59 Å². The molecule has 74 valence electrons. The highest BCUT2D eigenvalue weighted by Gasteiger charge is 2.32. The van der Waals surface area contributed by atoms with Gasteiger partial charge in [0.1, 0.15) is 0 Å². The zero-order valence-electron chi connectivity index (χ0n) is 7.28. The molecule has 5 heteroatoms. The number of imide groups is 1. The first kappa shape index (κ1) is 10.5. The fraction of sp³-hybridized carbons (Fsp3) is 0.750. The predicted molar refractivity (Wildman–Crippen MR) is 49.6 cm³/mol. The van der Waals surface area contributed by atoms with Crippen molar-refractivity contribution >= 4 is 24.2 Å². The maximum atomic E-state index is 11.1. The van der Waals surface area contributed by atoms with Gasteiger partial charge in [-0.05, 0) is 0 Å². The minimum absolute atomic E-state index is 0. The number of nitrogens with zero attached hydrogens (tertiary/aromatic N) is 1. The molecule has 2 rings (SSSR count). The lowest BCUT2D eigenvalue weighted by molar-refractivity contribution is -0.139. The van der Waals surface area contributed by atoms with Crippen LogP contribution in [-0.4, -0.2) is 36.3 Å². The van der Waals surface area contributed by atoms with E-state index in [-0.39, 0.29) is 24.2 Å². The summed E-state index contributed by atoms with van der Waals surface area (Å²) in [6.07, 6.45) is 0.831. The number of rotatable bonds is 2. The minimum atomic E-state index is 0. The van der Waals surface area contributed by atoms with Crippen molar-refractivity contribution in [1.29, 1.82) is 0 Å². The molecule has 2 amide bonds. The van der Waals surface area contributed by atoms with Gasteiger partial charge in [0.2, 0.25) is 11.8 Å². The summed E-state index contributed by atoms with van der Waals surface area (Å²) in [5.41, 5.74) is 0. The van der Waals surface area contributed by atoms with E-state index in [1.807, 2.05) is 0 Å². The third-order valence-corrected chi connectivity index (χ3v) is 2.46. The summed E-state index contributed by atoms with van der Waals surface area (Å²) in [6.45, 7) is 2.51. The molecule has 0 aromatic rings. The number of amides is 2. The zero-order chi connectivity index (χ0) is 8.55. The van der Waals surface area contributed by atoms with Crippen LogP contribution in [-0.2, 0) is 9.59 Å². The molecule has 2 aliphatic heterocycles. The third-order valence-electron chi connectivity index (χ3n) is 2.46. The van der Waals surface area contributed by atoms with Crippen molar-refractivity contribution in [2.24, 2.45) is 5.92 Å². The van der Waals surface area contributed by atoms with Crippen LogP contribution in [0.3, 0.4) is 0 Å². The van der Waals surface area contributed by atoms with Gasteiger partial charge in [-0.3, -0.25) is 14.5 Å². The van der Waals surface area contributed by atoms with Crippen molar-refractivity contribution in [1.82, 2.24) is 10.2 Å². The summed E-state index contributed by atoms with van der Waals surface area (Å²) in [5, 5.41) is 3.12. The largest absolute Gasteiger partial charge is 0.316 e. The number of nitrogens with one attached hydrogen (secondary N) is 1. The molecule has 0 unspecified atom stereocenters. The van der Waals surface area contributed by atoms with E-state index >= 15 is 0 Å². The molecule has 0 aliphatic carbocycles. The smallest absolute Gasteiger partial charge is 0.229 e. The summed E-state index contributed by atoms with van der Waals surface area (Å²) in [6, 6.07) is 0. The van der Waals surface area contributed by atoms with Crippen LogP contribution in [0.2, 0.25) is 0 Å². The summed E-state index contributed by atoms with van der Waals surface area (Å²) >= 11 is 0. The number of carbonyl (C=O) groups is 2. The Kier molecular flexibility index (Phi) is 3.27. The highest BCUT2D eigenvalue weighted by molar-refractivity contribution is 6.01. The van der Waals surface area contributed by atoms with Crippen LogP contribution in [0.4, 0.5) is 0 Å². The Bertz CT molecular complexity index is 212. The zero-order valence-corrected chi connectivity index (χ0v) is 8.10. The molecule has 13 heavy (non-hydrogen) atoms. The third kappa shape index (κ3) is 2.00. The van der Waals surface area contributed by atoms with Crippen LogP contribution in [0.15, 0.2) is 0 Å². The van der Waals surface area contributed by atoms with Crippen LogP contribution in [0.5, 0.6) is 0 Å². The van der Waals surface area contributed by atoms with E-state index in [4.69, 9.17) is 0 Å². The Labute approximate surface area is 83.1 Å².